The van der Waals surface area contributed by atoms with Gasteiger partial charge in [-0.05, 0) is 42.6 Å². The van der Waals surface area contributed by atoms with Crippen LogP contribution in [-0.2, 0) is 6.54 Å². The van der Waals surface area contributed by atoms with E-state index in [0.717, 1.165) is 31.0 Å². The van der Waals surface area contributed by atoms with Crippen LogP contribution in [0.5, 0.6) is 11.5 Å². The molecule has 0 N–H and O–H groups in total. The maximum atomic E-state index is 5.50. The summed E-state index contributed by atoms with van der Waals surface area (Å²) in [5.74, 6) is 2.24. The van der Waals surface area contributed by atoms with Crippen molar-refractivity contribution >= 4 is 0 Å². The third kappa shape index (κ3) is 3.42. The van der Waals surface area contributed by atoms with Crippen molar-refractivity contribution in [3.05, 3.63) is 59.7 Å². The fourth-order valence-corrected chi connectivity index (χ4v) is 2.97. The molecular weight excluding hydrogens is 274 g/mol. The van der Waals surface area contributed by atoms with Crippen molar-refractivity contribution in [2.24, 2.45) is 0 Å². The maximum absolute atomic E-state index is 5.50. The van der Waals surface area contributed by atoms with Crippen LogP contribution in [0, 0.1) is 0 Å². The van der Waals surface area contributed by atoms with Crippen LogP contribution in [0.1, 0.15) is 30.4 Å². The number of hydrogen-bond donors (Lipinski definition) is 0. The molecule has 1 aliphatic rings. The van der Waals surface area contributed by atoms with Gasteiger partial charge in [0, 0.05) is 13.1 Å². The van der Waals surface area contributed by atoms with E-state index in [1.54, 1.807) is 0 Å². The predicted molar refractivity (Wildman–Crippen MR) is 88.4 cm³/mol. The van der Waals surface area contributed by atoms with E-state index in [0.29, 0.717) is 12.7 Å². The van der Waals surface area contributed by atoms with Gasteiger partial charge in [-0.3, -0.25) is 0 Å². The summed E-state index contributed by atoms with van der Waals surface area (Å²) in [6.45, 7) is 4.59. The van der Waals surface area contributed by atoms with E-state index in [1.807, 2.05) is 6.07 Å². The Balaban J connectivity index is 1.66. The van der Waals surface area contributed by atoms with Crippen LogP contribution < -0.4 is 9.47 Å². The van der Waals surface area contributed by atoms with E-state index in [-0.39, 0.29) is 0 Å². The maximum Gasteiger partial charge on any atom is 0.231 e. The lowest BCUT2D eigenvalue weighted by Crippen LogP contribution is -2.24. The molecule has 1 atom stereocenters. The minimum Gasteiger partial charge on any atom is -0.454 e. The van der Waals surface area contributed by atoms with E-state index < -0.39 is 0 Å². The molecule has 0 spiro atoms. The summed E-state index contributed by atoms with van der Waals surface area (Å²) in [6.07, 6.45) is 1.11. The highest BCUT2D eigenvalue weighted by molar-refractivity contribution is 5.45. The Morgan fingerprint density at radius 2 is 1.82 bits per heavy atom. The van der Waals surface area contributed by atoms with Crippen molar-refractivity contribution in [3.8, 4) is 11.5 Å². The minimum absolute atomic E-state index is 0.337. The molecular formula is C19H23NO2. The third-order valence-corrected chi connectivity index (χ3v) is 4.19. The first kappa shape index (κ1) is 14.9. The first-order valence-electron chi connectivity index (χ1n) is 7.88. The summed E-state index contributed by atoms with van der Waals surface area (Å²) in [6, 6.07) is 16.9. The summed E-state index contributed by atoms with van der Waals surface area (Å²) >= 11 is 0. The molecule has 0 aromatic heterocycles. The average Bonchev–Trinajstić information content (AvgIpc) is 3.01. The highest BCUT2D eigenvalue weighted by Gasteiger charge is 2.18. The summed E-state index contributed by atoms with van der Waals surface area (Å²) in [7, 11) is 2.18. The molecule has 0 fully saturated rings. The summed E-state index contributed by atoms with van der Waals surface area (Å²) in [5.41, 5.74) is 2.68. The van der Waals surface area contributed by atoms with E-state index in [4.69, 9.17) is 9.47 Å². The molecule has 1 aliphatic heterocycles. The van der Waals surface area contributed by atoms with Gasteiger partial charge >= 0.3 is 0 Å². The second kappa shape index (κ2) is 6.84. The molecule has 2 aromatic carbocycles. The molecule has 22 heavy (non-hydrogen) atoms. The number of nitrogens with zero attached hydrogens (tertiary/aromatic N) is 1. The lowest BCUT2D eigenvalue weighted by atomic mass is 9.95. The van der Waals surface area contributed by atoms with Crippen molar-refractivity contribution in [2.75, 3.05) is 20.4 Å². The highest BCUT2D eigenvalue weighted by Crippen LogP contribution is 2.35. The summed E-state index contributed by atoms with van der Waals surface area (Å²) < 4.78 is 10.9. The van der Waals surface area contributed by atoms with Gasteiger partial charge in [0.05, 0.1) is 0 Å². The van der Waals surface area contributed by atoms with Crippen molar-refractivity contribution in [3.63, 3.8) is 0 Å². The Bertz CT molecular complexity index is 612. The van der Waals surface area contributed by atoms with Gasteiger partial charge in [-0.2, -0.15) is 0 Å². The average molecular weight is 297 g/mol. The molecule has 2 aromatic rings. The Labute approximate surface area is 132 Å². The second-order valence-corrected chi connectivity index (χ2v) is 5.90. The van der Waals surface area contributed by atoms with Gasteiger partial charge in [0.25, 0.3) is 0 Å². The zero-order valence-electron chi connectivity index (χ0n) is 13.3. The second-order valence-electron chi connectivity index (χ2n) is 5.90. The van der Waals surface area contributed by atoms with Crippen LogP contribution in [0.15, 0.2) is 48.5 Å². The van der Waals surface area contributed by atoms with Gasteiger partial charge in [-0.15, -0.1) is 0 Å². The van der Waals surface area contributed by atoms with E-state index in [1.165, 1.54) is 11.1 Å². The van der Waals surface area contributed by atoms with Crippen LogP contribution in [0.3, 0.4) is 0 Å². The molecule has 0 bridgehead atoms. The van der Waals surface area contributed by atoms with Gasteiger partial charge < -0.3 is 14.4 Å². The first-order chi connectivity index (χ1) is 10.8. The molecule has 0 amide bonds. The third-order valence-electron chi connectivity index (χ3n) is 4.19. The molecule has 0 saturated heterocycles. The smallest absolute Gasteiger partial charge is 0.231 e. The topological polar surface area (TPSA) is 21.7 Å². The number of benzene rings is 2. The normalized spacial score (nSPS) is 14.3. The first-order valence-corrected chi connectivity index (χ1v) is 7.88. The van der Waals surface area contributed by atoms with Crippen molar-refractivity contribution in [1.82, 2.24) is 4.90 Å². The molecule has 116 valence electrons. The van der Waals surface area contributed by atoms with Gasteiger partial charge in [0.1, 0.15) is 0 Å². The van der Waals surface area contributed by atoms with Gasteiger partial charge in [0.15, 0.2) is 11.5 Å². The summed E-state index contributed by atoms with van der Waals surface area (Å²) in [5, 5.41) is 0. The van der Waals surface area contributed by atoms with Gasteiger partial charge in [-0.1, -0.05) is 43.3 Å². The SMILES string of the molecule is CC[C@@H](CN(C)Cc1ccccc1)c1ccc2c(c1)OCO2. The monoisotopic (exact) mass is 297 g/mol. The molecule has 3 heteroatoms. The van der Waals surface area contributed by atoms with Crippen molar-refractivity contribution in [1.29, 1.82) is 0 Å². The number of ether oxygens (including phenoxy) is 2. The Hall–Kier alpha value is -2.00. The predicted octanol–water partition coefficient (Wildman–Crippen LogP) is 4.04. The van der Waals surface area contributed by atoms with Crippen LogP contribution in [0.25, 0.3) is 0 Å². The molecule has 0 radical (unpaired) electrons. The Kier molecular flexibility index (Phi) is 4.64. The molecule has 0 aliphatic carbocycles. The minimum atomic E-state index is 0.337. The number of likely N-dealkylation sites (N-methyl/N-ethyl adjacent to an activating group) is 1. The van der Waals surface area contributed by atoms with Gasteiger partial charge in [-0.25, -0.2) is 0 Å². The van der Waals surface area contributed by atoms with Crippen LogP contribution >= 0.6 is 0 Å². The highest BCUT2D eigenvalue weighted by atomic mass is 16.7. The number of hydrogen-bond acceptors (Lipinski definition) is 3. The zero-order chi connectivity index (χ0) is 15.4. The fraction of sp³-hybridized carbons (Fsp3) is 0.368. The molecule has 3 rings (SSSR count). The Morgan fingerprint density at radius 1 is 1.05 bits per heavy atom. The largest absolute Gasteiger partial charge is 0.454 e. The quantitative estimate of drug-likeness (QED) is 0.803. The number of fused-ring (bicyclic) bond motifs is 1. The van der Waals surface area contributed by atoms with Crippen molar-refractivity contribution < 1.29 is 9.47 Å². The standard InChI is InChI=1S/C19H23NO2/c1-3-16(13-20(2)12-15-7-5-4-6-8-15)17-9-10-18-19(11-17)22-14-21-18/h4-11,16H,3,12-14H2,1-2H3/t16-/m0/s1. The number of rotatable bonds is 6. The lowest BCUT2D eigenvalue weighted by molar-refractivity contribution is 0.174. The zero-order valence-corrected chi connectivity index (χ0v) is 13.3. The van der Waals surface area contributed by atoms with Crippen molar-refractivity contribution in [2.45, 2.75) is 25.8 Å². The lowest BCUT2D eigenvalue weighted by Gasteiger charge is -2.24. The van der Waals surface area contributed by atoms with E-state index >= 15 is 0 Å². The van der Waals surface area contributed by atoms with Crippen LogP contribution in [0.2, 0.25) is 0 Å². The molecule has 0 unspecified atom stereocenters. The molecule has 3 nitrogen and oxygen atoms in total. The molecule has 1 heterocycles. The van der Waals surface area contributed by atoms with E-state index in [2.05, 4.69) is 61.3 Å². The summed E-state index contributed by atoms with van der Waals surface area (Å²) in [4.78, 5) is 2.38. The van der Waals surface area contributed by atoms with E-state index in [9.17, 15) is 0 Å². The Morgan fingerprint density at radius 3 is 2.59 bits per heavy atom. The fourth-order valence-electron chi connectivity index (χ4n) is 2.97. The van der Waals surface area contributed by atoms with Crippen LogP contribution in [0.4, 0.5) is 0 Å². The van der Waals surface area contributed by atoms with Gasteiger partial charge in [0.2, 0.25) is 6.79 Å². The molecule has 0 saturated carbocycles. The van der Waals surface area contributed by atoms with Crippen LogP contribution in [-0.4, -0.2) is 25.3 Å².